The molecule has 4 nitrogen and oxygen atoms in total. The van der Waals surface area contributed by atoms with Crippen LogP contribution in [-0.4, -0.2) is 17.1 Å². The van der Waals surface area contributed by atoms with Crippen molar-refractivity contribution < 1.29 is 4.74 Å². The van der Waals surface area contributed by atoms with Gasteiger partial charge in [0.05, 0.1) is 18.7 Å². The zero-order chi connectivity index (χ0) is 17.3. The van der Waals surface area contributed by atoms with Gasteiger partial charge in [-0.3, -0.25) is 0 Å². The van der Waals surface area contributed by atoms with E-state index in [-0.39, 0.29) is 6.04 Å². The summed E-state index contributed by atoms with van der Waals surface area (Å²) in [6.07, 6.45) is 0. The van der Waals surface area contributed by atoms with Crippen molar-refractivity contribution in [3.05, 3.63) is 58.4 Å². The maximum atomic E-state index is 6.10. The molecule has 0 bridgehead atoms. The third-order valence-electron chi connectivity index (χ3n) is 4.03. The first-order valence-electron chi connectivity index (χ1n) is 7.83. The number of halogens is 1. The molecule has 1 heterocycles. The minimum absolute atomic E-state index is 0.0634. The maximum absolute atomic E-state index is 6.10. The Morgan fingerprint density at radius 3 is 2.62 bits per heavy atom. The van der Waals surface area contributed by atoms with E-state index in [0.29, 0.717) is 0 Å². The molecule has 1 atom stereocenters. The van der Waals surface area contributed by atoms with Gasteiger partial charge in [-0.2, -0.15) is 0 Å². The maximum Gasteiger partial charge on any atom is 0.138 e. The van der Waals surface area contributed by atoms with Crippen molar-refractivity contribution in [3.8, 4) is 5.75 Å². The van der Waals surface area contributed by atoms with Gasteiger partial charge in [0.1, 0.15) is 17.4 Å². The highest BCUT2D eigenvalue weighted by molar-refractivity contribution is 6.30. The number of nitrogens with one attached hydrogen (secondary N) is 1. The number of nitrogens with zero attached hydrogens (tertiary/aromatic N) is 2. The third kappa shape index (κ3) is 3.29. The molecule has 124 valence electrons. The molecule has 1 aromatic heterocycles. The van der Waals surface area contributed by atoms with Crippen LogP contribution in [0.1, 0.15) is 29.9 Å². The summed E-state index contributed by atoms with van der Waals surface area (Å²) in [7, 11) is 1.67. The van der Waals surface area contributed by atoms with E-state index >= 15 is 0 Å². The average molecular weight is 342 g/mol. The number of hydrogen-bond donors (Lipinski definition) is 1. The Morgan fingerprint density at radius 2 is 1.92 bits per heavy atom. The SMILES string of the molecule is COc1cc2c(N[C@H](C)c3cccc(Cl)c3)nc(C)nc2cc1C. The lowest BCUT2D eigenvalue weighted by molar-refractivity contribution is 0.412. The Morgan fingerprint density at radius 1 is 1.12 bits per heavy atom. The molecule has 24 heavy (non-hydrogen) atoms. The van der Waals surface area contributed by atoms with Gasteiger partial charge >= 0.3 is 0 Å². The molecule has 0 radical (unpaired) electrons. The van der Waals surface area contributed by atoms with Crippen molar-refractivity contribution in [1.82, 2.24) is 9.97 Å². The third-order valence-corrected chi connectivity index (χ3v) is 4.26. The van der Waals surface area contributed by atoms with Gasteiger partial charge in [0.25, 0.3) is 0 Å². The van der Waals surface area contributed by atoms with Crippen LogP contribution < -0.4 is 10.1 Å². The normalized spacial score (nSPS) is 12.2. The monoisotopic (exact) mass is 341 g/mol. The fourth-order valence-corrected chi connectivity index (χ4v) is 2.97. The quantitative estimate of drug-likeness (QED) is 0.718. The van der Waals surface area contributed by atoms with E-state index in [1.807, 2.05) is 50.2 Å². The summed E-state index contributed by atoms with van der Waals surface area (Å²) in [4.78, 5) is 9.12. The number of rotatable bonds is 4. The average Bonchev–Trinajstić information content (AvgIpc) is 2.54. The molecule has 0 fully saturated rings. The molecule has 1 N–H and O–H groups in total. The van der Waals surface area contributed by atoms with E-state index in [1.54, 1.807) is 7.11 Å². The smallest absolute Gasteiger partial charge is 0.138 e. The van der Waals surface area contributed by atoms with Crippen LogP contribution in [0, 0.1) is 13.8 Å². The lowest BCUT2D eigenvalue weighted by Crippen LogP contribution is -2.09. The van der Waals surface area contributed by atoms with Crippen LogP contribution in [0.5, 0.6) is 5.75 Å². The van der Waals surface area contributed by atoms with Gasteiger partial charge < -0.3 is 10.1 Å². The van der Waals surface area contributed by atoms with Crippen LogP contribution in [0.2, 0.25) is 5.02 Å². The summed E-state index contributed by atoms with van der Waals surface area (Å²) >= 11 is 6.10. The van der Waals surface area contributed by atoms with Crippen molar-refractivity contribution in [2.24, 2.45) is 0 Å². The zero-order valence-corrected chi connectivity index (χ0v) is 15.0. The van der Waals surface area contributed by atoms with Crippen LogP contribution in [0.3, 0.4) is 0 Å². The second kappa shape index (κ2) is 6.65. The second-order valence-electron chi connectivity index (χ2n) is 5.88. The first kappa shape index (κ1) is 16.5. The van der Waals surface area contributed by atoms with E-state index in [1.165, 1.54) is 0 Å². The Labute approximate surface area is 146 Å². The van der Waals surface area contributed by atoms with Crippen LogP contribution in [0.25, 0.3) is 10.9 Å². The van der Waals surface area contributed by atoms with Crippen molar-refractivity contribution in [3.63, 3.8) is 0 Å². The van der Waals surface area contributed by atoms with Crippen molar-refractivity contribution in [1.29, 1.82) is 0 Å². The number of ether oxygens (including phenoxy) is 1. The number of aryl methyl sites for hydroxylation is 2. The predicted molar refractivity (Wildman–Crippen MR) is 99.1 cm³/mol. The number of anilines is 1. The molecule has 0 aliphatic rings. The minimum Gasteiger partial charge on any atom is -0.496 e. The summed E-state index contributed by atoms with van der Waals surface area (Å²) in [5, 5.41) is 5.14. The number of aromatic nitrogens is 2. The second-order valence-corrected chi connectivity index (χ2v) is 6.32. The first-order valence-corrected chi connectivity index (χ1v) is 8.20. The Bertz CT molecular complexity index is 895. The fourth-order valence-electron chi connectivity index (χ4n) is 2.77. The molecular formula is C19H20ClN3O. The first-order chi connectivity index (χ1) is 11.5. The van der Waals surface area contributed by atoms with Gasteiger partial charge in [0.2, 0.25) is 0 Å². The molecule has 0 aliphatic carbocycles. The van der Waals surface area contributed by atoms with E-state index in [4.69, 9.17) is 16.3 Å². The summed E-state index contributed by atoms with van der Waals surface area (Å²) in [6, 6.07) is 11.9. The Kier molecular flexibility index (Phi) is 4.58. The number of methoxy groups -OCH3 is 1. The largest absolute Gasteiger partial charge is 0.496 e. The predicted octanol–water partition coefficient (Wildman–Crippen LogP) is 5.08. The molecule has 0 unspecified atom stereocenters. The highest BCUT2D eigenvalue weighted by Gasteiger charge is 2.13. The van der Waals surface area contributed by atoms with Crippen molar-refractivity contribution in [2.45, 2.75) is 26.8 Å². The summed E-state index contributed by atoms with van der Waals surface area (Å²) < 4.78 is 5.44. The van der Waals surface area contributed by atoms with Crippen molar-refractivity contribution >= 4 is 28.3 Å². The molecule has 0 spiro atoms. The molecule has 0 saturated carbocycles. The topological polar surface area (TPSA) is 47.0 Å². The highest BCUT2D eigenvalue weighted by atomic mass is 35.5. The Hall–Kier alpha value is -2.33. The molecule has 0 aliphatic heterocycles. The fraction of sp³-hybridized carbons (Fsp3) is 0.263. The van der Waals surface area contributed by atoms with Gasteiger partial charge in [-0.25, -0.2) is 9.97 Å². The van der Waals surface area contributed by atoms with Gasteiger partial charge in [0.15, 0.2) is 0 Å². The standard InChI is InChI=1S/C19H20ClN3O/c1-11-8-17-16(10-18(11)24-4)19(23-13(3)22-17)21-12(2)14-6-5-7-15(20)9-14/h5-10,12H,1-4H3,(H,21,22,23)/t12-/m1/s1. The van der Waals surface area contributed by atoms with E-state index < -0.39 is 0 Å². The zero-order valence-electron chi connectivity index (χ0n) is 14.2. The molecule has 2 aromatic carbocycles. The number of fused-ring (bicyclic) bond motifs is 1. The molecule has 3 rings (SSSR count). The van der Waals surface area contributed by atoms with Crippen LogP contribution in [0.15, 0.2) is 36.4 Å². The number of benzene rings is 2. The molecule has 0 saturated heterocycles. The van der Waals surface area contributed by atoms with Crippen LogP contribution >= 0.6 is 11.6 Å². The summed E-state index contributed by atoms with van der Waals surface area (Å²) in [6.45, 7) is 5.99. The van der Waals surface area contributed by atoms with Gasteiger partial charge in [0, 0.05) is 10.4 Å². The van der Waals surface area contributed by atoms with Gasteiger partial charge in [-0.15, -0.1) is 0 Å². The lowest BCUT2D eigenvalue weighted by Gasteiger charge is -2.18. The van der Waals surface area contributed by atoms with Crippen molar-refractivity contribution in [2.75, 3.05) is 12.4 Å². The van der Waals surface area contributed by atoms with Crippen LogP contribution in [-0.2, 0) is 0 Å². The van der Waals surface area contributed by atoms with E-state index in [0.717, 1.165) is 44.4 Å². The van der Waals surface area contributed by atoms with E-state index in [2.05, 4.69) is 22.2 Å². The van der Waals surface area contributed by atoms with E-state index in [9.17, 15) is 0 Å². The highest BCUT2D eigenvalue weighted by Crippen LogP contribution is 2.30. The minimum atomic E-state index is 0.0634. The molecule has 0 amide bonds. The lowest BCUT2D eigenvalue weighted by atomic mass is 10.1. The van der Waals surface area contributed by atoms with Gasteiger partial charge in [-0.1, -0.05) is 23.7 Å². The molecule has 5 heteroatoms. The summed E-state index contributed by atoms with van der Waals surface area (Å²) in [5.41, 5.74) is 3.06. The van der Waals surface area contributed by atoms with Crippen LogP contribution in [0.4, 0.5) is 5.82 Å². The summed E-state index contributed by atoms with van der Waals surface area (Å²) in [5.74, 6) is 2.35. The van der Waals surface area contributed by atoms with Gasteiger partial charge in [-0.05, 0) is 56.2 Å². The Balaban J connectivity index is 2.05. The molecule has 3 aromatic rings. The number of hydrogen-bond acceptors (Lipinski definition) is 4. The molecular weight excluding hydrogens is 322 g/mol.